The summed E-state index contributed by atoms with van der Waals surface area (Å²) in [6, 6.07) is 14.6. The quantitative estimate of drug-likeness (QED) is 0.847. The number of hydrogen-bond donors (Lipinski definition) is 1. The van der Waals surface area contributed by atoms with E-state index in [-0.39, 0.29) is 12.2 Å². The molecule has 2 aromatic carbocycles. The normalized spacial score (nSPS) is 11.2. The number of benzene rings is 2. The van der Waals surface area contributed by atoms with Crippen LogP contribution in [0.3, 0.4) is 0 Å². The average Bonchev–Trinajstić information content (AvgIpc) is 2.60. The highest BCUT2D eigenvalue weighted by atomic mass is 35.5. The van der Waals surface area contributed by atoms with Crippen molar-refractivity contribution in [1.29, 1.82) is 5.26 Å². The van der Waals surface area contributed by atoms with E-state index >= 15 is 0 Å². The summed E-state index contributed by atoms with van der Waals surface area (Å²) >= 11 is 5.95. The smallest absolute Gasteiger partial charge is 0.328 e. The molecule has 24 heavy (non-hydrogen) atoms. The Kier molecular flexibility index (Phi) is 5.94. The first-order valence-corrected chi connectivity index (χ1v) is 7.60. The van der Waals surface area contributed by atoms with Gasteiger partial charge in [0.15, 0.2) is 0 Å². The number of amides is 1. The molecule has 0 saturated carbocycles. The zero-order chi connectivity index (χ0) is 17.5. The summed E-state index contributed by atoms with van der Waals surface area (Å²) in [5.41, 5.74) is 1.34. The lowest BCUT2D eigenvalue weighted by atomic mass is 10.1. The van der Waals surface area contributed by atoms with Gasteiger partial charge in [-0.25, -0.2) is 4.79 Å². The summed E-state index contributed by atoms with van der Waals surface area (Å²) in [7, 11) is 0. The van der Waals surface area contributed by atoms with Crippen LogP contribution in [0, 0.1) is 11.3 Å². The first-order valence-electron chi connectivity index (χ1n) is 7.23. The second-order valence-electron chi connectivity index (χ2n) is 5.05. The van der Waals surface area contributed by atoms with Gasteiger partial charge in [-0.15, -0.1) is 0 Å². The third-order valence-corrected chi connectivity index (χ3v) is 3.66. The van der Waals surface area contributed by atoms with Crippen molar-refractivity contribution >= 4 is 23.5 Å². The lowest BCUT2D eigenvalue weighted by Gasteiger charge is -2.14. The van der Waals surface area contributed by atoms with Crippen LogP contribution in [0.5, 0.6) is 0 Å². The molecule has 1 atom stereocenters. The molecule has 1 N–H and O–H groups in total. The van der Waals surface area contributed by atoms with Gasteiger partial charge in [-0.1, -0.05) is 41.9 Å². The predicted octanol–water partition coefficient (Wildman–Crippen LogP) is 3.07. The van der Waals surface area contributed by atoms with Gasteiger partial charge in [0, 0.05) is 5.56 Å². The number of esters is 1. The number of hydrogen-bond acceptors (Lipinski definition) is 4. The Hall–Kier alpha value is -2.84. The monoisotopic (exact) mass is 342 g/mol. The molecule has 0 aliphatic heterocycles. The summed E-state index contributed by atoms with van der Waals surface area (Å²) in [5, 5.41) is 11.8. The number of ether oxygens (including phenoxy) is 1. The van der Waals surface area contributed by atoms with Crippen LogP contribution in [0.4, 0.5) is 0 Å². The maximum absolute atomic E-state index is 12.1. The Morgan fingerprint density at radius 3 is 2.58 bits per heavy atom. The fraction of sp³-hybridized carbons (Fsp3) is 0.167. The zero-order valence-electron chi connectivity index (χ0n) is 13.0. The van der Waals surface area contributed by atoms with Gasteiger partial charge in [-0.05, 0) is 25.1 Å². The van der Waals surface area contributed by atoms with E-state index in [0.29, 0.717) is 16.1 Å². The summed E-state index contributed by atoms with van der Waals surface area (Å²) < 4.78 is 5.16. The van der Waals surface area contributed by atoms with Crippen molar-refractivity contribution in [3.05, 3.63) is 70.2 Å². The first kappa shape index (κ1) is 17.5. The minimum atomic E-state index is -0.844. The SMILES string of the molecule is C[C@H](NC(=O)c1ccccc1Cl)C(=O)OCc1ccccc1C#N. The van der Waals surface area contributed by atoms with Crippen molar-refractivity contribution in [3.8, 4) is 6.07 Å². The molecular weight excluding hydrogens is 328 g/mol. The number of rotatable bonds is 5. The summed E-state index contributed by atoms with van der Waals surface area (Å²) in [5.74, 6) is -1.05. The average molecular weight is 343 g/mol. The molecule has 0 aliphatic carbocycles. The highest BCUT2D eigenvalue weighted by molar-refractivity contribution is 6.33. The van der Waals surface area contributed by atoms with Gasteiger partial charge in [0.25, 0.3) is 5.91 Å². The molecular formula is C18H15ClN2O3. The van der Waals surface area contributed by atoms with Gasteiger partial charge in [-0.2, -0.15) is 5.26 Å². The summed E-state index contributed by atoms with van der Waals surface area (Å²) in [4.78, 5) is 24.1. The number of nitrogens with zero attached hydrogens (tertiary/aromatic N) is 1. The molecule has 0 aliphatic rings. The van der Waals surface area contributed by atoms with E-state index in [1.165, 1.54) is 6.92 Å². The Bertz CT molecular complexity index is 799. The van der Waals surface area contributed by atoms with Gasteiger partial charge in [0.05, 0.1) is 22.2 Å². The fourth-order valence-electron chi connectivity index (χ4n) is 2.01. The lowest BCUT2D eigenvalue weighted by Crippen LogP contribution is -2.39. The van der Waals surface area contributed by atoms with E-state index in [9.17, 15) is 9.59 Å². The number of carbonyl (C=O) groups excluding carboxylic acids is 2. The van der Waals surface area contributed by atoms with Crippen LogP contribution in [0.25, 0.3) is 0 Å². The van der Waals surface area contributed by atoms with Crippen LogP contribution in [-0.2, 0) is 16.1 Å². The Balaban J connectivity index is 1.94. The molecule has 0 aromatic heterocycles. The molecule has 0 heterocycles. The standard InChI is InChI=1S/C18H15ClN2O3/c1-12(21-17(22)15-8-4-5-9-16(15)19)18(23)24-11-14-7-3-2-6-13(14)10-20/h2-9,12H,11H2,1H3,(H,21,22)/t12-/m0/s1. The fourth-order valence-corrected chi connectivity index (χ4v) is 2.23. The van der Waals surface area contributed by atoms with Crippen LogP contribution in [0.2, 0.25) is 5.02 Å². The van der Waals surface area contributed by atoms with E-state index in [1.54, 1.807) is 48.5 Å². The van der Waals surface area contributed by atoms with Crippen molar-refractivity contribution in [1.82, 2.24) is 5.32 Å². The molecule has 0 saturated heterocycles. The van der Waals surface area contributed by atoms with Crippen LogP contribution in [0.15, 0.2) is 48.5 Å². The highest BCUT2D eigenvalue weighted by Gasteiger charge is 2.19. The Labute approximate surface area is 144 Å². The van der Waals surface area contributed by atoms with E-state index in [0.717, 1.165) is 0 Å². The molecule has 2 aromatic rings. The van der Waals surface area contributed by atoms with Crippen molar-refractivity contribution in [2.24, 2.45) is 0 Å². The van der Waals surface area contributed by atoms with Crippen molar-refractivity contribution in [2.75, 3.05) is 0 Å². The molecule has 6 heteroatoms. The number of carbonyl (C=O) groups is 2. The molecule has 0 spiro atoms. The molecule has 122 valence electrons. The first-order chi connectivity index (χ1) is 11.5. The van der Waals surface area contributed by atoms with Gasteiger partial charge >= 0.3 is 5.97 Å². The maximum atomic E-state index is 12.1. The Morgan fingerprint density at radius 2 is 1.88 bits per heavy atom. The molecule has 1 amide bonds. The molecule has 0 fully saturated rings. The maximum Gasteiger partial charge on any atom is 0.328 e. The number of nitriles is 1. The van der Waals surface area contributed by atoms with Gasteiger partial charge in [0.2, 0.25) is 0 Å². The zero-order valence-corrected chi connectivity index (χ0v) is 13.7. The minimum absolute atomic E-state index is 0.0329. The largest absolute Gasteiger partial charge is 0.459 e. The third kappa shape index (κ3) is 4.34. The minimum Gasteiger partial charge on any atom is -0.459 e. The van der Waals surface area contributed by atoms with E-state index in [4.69, 9.17) is 21.6 Å². The second kappa shape index (κ2) is 8.14. The molecule has 0 unspecified atom stereocenters. The van der Waals surface area contributed by atoms with Crippen LogP contribution in [0.1, 0.15) is 28.4 Å². The number of halogens is 1. The molecule has 2 rings (SSSR count). The Morgan fingerprint density at radius 1 is 1.21 bits per heavy atom. The van der Waals surface area contributed by atoms with Crippen molar-refractivity contribution < 1.29 is 14.3 Å². The molecule has 0 bridgehead atoms. The summed E-state index contributed by atoms with van der Waals surface area (Å²) in [6.07, 6.45) is 0. The topological polar surface area (TPSA) is 79.2 Å². The summed E-state index contributed by atoms with van der Waals surface area (Å²) in [6.45, 7) is 1.49. The van der Waals surface area contributed by atoms with Gasteiger partial charge in [0.1, 0.15) is 12.6 Å². The van der Waals surface area contributed by atoms with E-state index in [2.05, 4.69) is 5.32 Å². The number of nitrogens with one attached hydrogen (secondary N) is 1. The predicted molar refractivity (Wildman–Crippen MR) is 89.3 cm³/mol. The molecule has 5 nitrogen and oxygen atoms in total. The van der Waals surface area contributed by atoms with Crippen LogP contribution >= 0.6 is 11.6 Å². The van der Waals surface area contributed by atoms with Gasteiger partial charge in [-0.3, -0.25) is 4.79 Å². The second-order valence-corrected chi connectivity index (χ2v) is 5.46. The van der Waals surface area contributed by atoms with Crippen LogP contribution in [-0.4, -0.2) is 17.9 Å². The third-order valence-electron chi connectivity index (χ3n) is 3.33. The lowest BCUT2D eigenvalue weighted by molar-refractivity contribution is -0.146. The van der Waals surface area contributed by atoms with Crippen molar-refractivity contribution in [3.63, 3.8) is 0 Å². The van der Waals surface area contributed by atoms with E-state index in [1.807, 2.05) is 6.07 Å². The van der Waals surface area contributed by atoms with Crippen LogP contribution < -0.4 is 5.32 Å². The van der Waals surface area contributed by atoms with Gasteiger partial charge < -0.3 is 10.1 Å². The van der Waals surface area contributed by atoms with Crippen molar-refractivity contribution in [2.45, 2.75) is 19.6 Å². The van der Waals surface area contributed by atoms with E-state index < -0.39 is 17.9 Å². The highest BCUT2D eigenvalue weighted by Crippen LogP contribution is 2.15. The molecule has 0 radical (unpaired) electrons.